The first kappa shape index (κ1) is 15.6. The number of ether oxygens (including phenoxy) is 1. The first-order chi connectivity index (χ1) is 8.54. The highest BCUT2D eigenvalue weighted by atomic mass is 16.5. The van der Waals surface area contributed by atoms with Gasteiger partial charge in [0.05, 0.1) is 13.2 Å². The van der Waals surface area contributed by atoms with Crippen molar-refractivity contribution in [2.45, 2.75) is 51.6 Å². The summed E-state index contributed by atoms with van der Waals surface area (Å²) in [6.07, 6.45) is 3.14. The summed E-state index contributed by atoms with van der Waals surface area (Å²) >= 11 is 0. The first-order valence-corrected chi connectivity index (χ1v) is 6.98. The number of hydrazine groups is 1. The molecular formula is C14H29N3O. The SMILES string of the molecule is C=C(C)CCC(NN)C(C)(CC)N1CCOCC1. The van der Waals surface area contributed by atoms with Gasteiger partial charge in [-0.2, -0.15) is 0 Å². The molecular weight excluding hydrogens is 226 g/mol. The third-order valence-corrected chi connectivity index (χ3v) is 4.26. The van der Waals surface area contributed by atoms with E-state index in [9.17, 15) is 0 Å². The van der Waals surface area contributed by atoms with Gasteiger partial charge in [-0.05, 0) is 33.1 Å². The summed E-state index contributed by atoms with van der Waals surface area (Å²) in [5.41, 5.74) is 4.33. The Morgan fingerprint density at radius 1 is 1.50 bits per heavy atom. The van der Waals surface area contributed by atoms with E-state index < -0.39 is 0 Å². The zero-order valence-corrected chi connectivity index (χ0v) is 12.2. The van der Waals surface area contributed by atoms with Gasteiger partial charge in [-0.3, -0.25) is 16.2 Å². The Morgan fingerprint density at radius 3 is 2.56 bits per heavy atom. The highest BCUT2D eigenvalue weighted by Gasteiger charge is 2.38. The molecule has 0 amide bonds. The minimum absolute atomic E-state index is 0.0913. The van der Waals surface area contributed by atoms with E-state index in [0.29, 0.717) is 0 Å². The largest absolute Gasteiger partial charge is 0.379 e. The topological polar surface area (TPSA) is 50.5 Å². The van der Waals surface area contributed by atoms with Crippen LogP contribution in [-0.4, -0.2) is 42.8 Å². The molecule has 1 rings (SSSR count). The predicted octanol–water partition coefficient (Wildman–Crippen LogP) is 1.68. The lowest BCUT2D eigenvalue weighted by Crippen LogP contribution is -2.63. The van der Waals surface area contributed by atoms with Gasteiger partial charge in [0.25, 0.3) is 0 Å². The van der Waals surface area contributed by atoms with Crippen molar-refractivity contribution in [3.8, 4) is 0 Å². The molecule has 4 nitrogen and oxygen atoms in total. The van der Waals surface area contributed by atoms with Gasteiger partial charge in [0.15, 0.2) is 0 Å². The highest BCUT2D eigenvalue weighted by molar-refractivity contribution is 4.99. The summed E-state index contributed by atoms with van der Waals surface area (Å²) in [5.74, 6) is 5.79. The molecule has 1 saturated heterocycles. The Hall–Kier alpha value is -0.420. The fourth-order valence-corrected chi connectivity index (χ4v) is 2.73. The van der Waals surface area contributed by atoms with Gasteiger partial charge in [0.2, 0.25) is 0 Å². The van der Waals surface area contributed by atoms with Gasteiger partial charge >= 0.3 is 0 Å². The molecule has 2 atom stereocenters. The Labute approximate surface area is 112 Å². The lowest BCUT2D eigenvalue weighted by Gasteiger charge is -2.47. The summed E-state index contributed by atoms with van der Waals surface area (Å²) in [4.78, 5) is 2.51. The van der Waals surface area contributed by atoms with Crippen LogP contribution in [0.5, 0.6) is 0 Å². The van der Waals surface area contributed by atoms with Crippen molar-refractivity contribution >= 4 is 0 Å². The van der Waals surface area contributed by atoms with Crippen LogP contribution in [0.2, 0.25) is 0 Å². The minimum atomic E-state index is 0.0913. The van der Waals surface area contributed by atoms with E-state index in [1.165, 1.54) is 5.57 Å². The third-order valence-electron chi connectivity index (χ3n) is 4.26. The van der Waals surface area contributed by atoms with E-state index in [-0.39, 0.29) is 11.6 Å². The van der Waals surface area contributed by atoms with Gasteiger partial charge in [0, 0.05) is 24.7 Å². The summed E-state index contributed by atoms with van der Waals surface area (Å²) in [7, 11) is 0. The van der Waals surface area contributed by atoms with Crippen LogP contribution in [0, 0.1) is 0 Å². The number of hydrogen-bond donors (Lipinski definition) is 2. The molecule has 0 aromatic rings. The first-order valence-electron chi connectivity index (χ1n) is 6.98. The second-order valence-electron chi connectivity index (χ2n) is 5.53. The lowest BCUT2D eigenvalue weighted by molar-refractivity contribution is -0.0334. The van der Waals surface area contributed by atoms with Crippen molar-refractivity contribution < 1.29 is 4.74 Å². The van der Waals surface area contributed by atoms with E-state index in [0.717, 1.165) is 45.6 Å². The smallest absolute Gasteiger partial charge is 0.0594 e. The van der Waals surface area contributed by atoms with E-state index in [4.69, 9.17) is 10.6 Å². The van der Waals surface area contributed by atoms with Crippen molar-refractivity contribution in [2.24, 2.45) is 5.84 Å². The monoisotopic (exact) mass is 255 g/mol. The number of morpholine rings is 1. The average molecular weight is 255 g/mol. The van der Waals surface area contributed by atoms with E-state index in [1.54, 1.807) is 0 Å². The van der Waals surface area contributed by atoms with Crippen LogP contribution >= 0.6 is 0 Å². The molecule has 1 heterocycles. The number of hydrogen-bond acceptors (Lipinski definition) is 4. The second kappa shape index (κ2) is 7.24. The standard InChI is InChI=1S/C14H29N3O/c1-5-14(4,17-8-10-18-11-9-17)13(16-15)7-6-12(2)3/h13,16H,2,5-11,15H2,1,3-4H3. The number of rotatable bonds is 7. The number of nitrogens with one attached hydrogen (secondary N) is 1. The quantitative estimate of drug-likeness (QED) is 0.413. The van der Waals surface area contributed by atoms with Crippen molar-refractivity contribution in [1.29, 1.82) is 0 Å². The summed E-state index contributed by atoms with van der Waals surface area (Å²) in [6.45, 7) is 14.2. The molecule has 0 aromatic heterocycles. The fraction of sp³-hybridized carbons (Fsp3) is 0.857. The molecule has 0 spiro atoms. The molecule has 2 unspecified atom stereocenters. The zero-order chi connectivity index (χ0) is 13.6. The molecule has 1 aliphatic heterocycles. The molecule has 18 heavy (non-hydrogen) atoms. The Balaban J connectivity index is 2.71. The van der Waals surface area contributed by atoms with Crippen molar-refractivity contribution in [3.05, 3.63) is 12.2 Å². The molecule has 0 aromatic carbocycles. The molecule has 106 valence electrons. The number of allylic oxidation sites excluding steroid dienone is 1. The molecule has 0 radical (unpaired) electrons. The highest BCUT2D eigenvalue weighted by Crippen LogP contribution is 2.27. The second-order valence-corrected chi connectivity index (χ2v) is 5.53. The third kappa shape index (κ3) is 3.79. The van der Waals surface area contributed by atoms with Gasteiger partial charge < -0.3 is 4.74 Å². The van der Waals surface area contributed by atoms with E-state index in [2.05, 4.69) is 37.7 Å². The van der Waals surface area contributed by atoms with Gasteiger partial charge in [0.1, 0.15) is 0 Å². The normalized spacial score (nSPS) is 22.4. The Bertz CT molecular complexity index is 264. The summed E-state index contributed by atoms with van der Waals surface area (Å²) in [5, 5.41) is 0. The van der Waals surface area contributed by atoms with E-state index >= 15 is 0 Å². The Kier molecular flexibility index (Phi) is 6.29. The van der Waals surface area contributed by atoms with Gasteiger partial charge in [-0.15, -0.1) is 6.58 Å². The van der Waals surface area contributed by atoms with Crippen molar-refractivity contribution in [2.75, 3.05) is 26.3 Å². The van der Waals surface area contributed by atoms with Crippen LogP contribution in [0.3, 0.4) is 0 Å². The zero-order valence-electron chi connectivity index (χ0n) is 12.2. The van der Waals surface area contributed by atoms with Crippen LogP contribution in [0.25, 0.3) is 0 Å². The summed E-state index contributed by atoms with van der Waals surface area (Å²) < 4.78 is 5.44. The fourth-order valence-electron chi connectivity index (χ4n) is 2.73. The molecule has 3 N–H and O–H groups in total. The average Bonchev–Trinajstić information content (AvgIpc) is 2.39. The molecule has 1 aliphatic rings. The van der Waals surface area contributed by atoms with Crippen LogP contribution in [-0.2, 0) is 4.74 Å². The van der Waals surface area contributed by atoms with Crippen LogP contribution in [0.1, 0.15) is 40.0 Å². The van der Waals surface area contributed by atoms with Crippen molar-refractivity contribution in [1.82, 2.24) is 10.3 Å². The molecule has 4 heteroatoms. The number of nitrogens with two attached hydrogens (primary N) is 1. The number of nitrogens with zero attached hydrogens (tertiary/aromatic N) is 1. The minimum Gasteiger partial charge on any atom is -0.379 e. The predicted molar refractivity (Wildman–Crippen MR) is 76.2 cm³/mol. The van der Waals surface area contributed by atoms with Crippen molar-refractivity contribution in [3.63, 3.8) is 0 Å². The summed E-state index contributed by atoms with van der Waals surface area (Å²) in [6, 6.07) is 0.289. The van der Waals surface area contributed by atoms with Crippen LogP contribution in [0.4, 0.5) is 0 Å². The van der Waals surface area contributed by atoms with E-state index in [1.807, 2.05) is 0 Å². The maximum absolute atomic E-state index is 5.79. The maximum Gasteiger partial charge on any atom is 0.0594 e. The molecule has 0 bridgehead atoms. The Morgan fingerprint density at radius 2 is 2.11 bits per heavy atom. The molecule has 1 fully saturated rings. The van der Waals surface area contributed by atoms with Gasteiger partial charge in [-0.1, -0.05) is 12.5 Å². The van der Waals surface area contributed by atoms with Gasteiger partial charge in [-0.25, -0.2) is 0 Å². The maximum atomic E-state index is 5.79. The van der Waals surface area contributed by atoms with Crippen LogP contribution in [0.15, 0.2) is 12.2 Å². The van der Waals surface area contributed by atoms with Crippen LogP contribution < -0.4 is 11.3 Å². The molecule has 0 saturated carbocycles. The molecule has 0 aliphatic carbocycles. The lowest BCUT2D eigenvalue weighted by atomic mass is 9.84.